The van der Waals surface area contributed by atoms with E-state index in [9.17, 15) is 4.79 Å². The summed E-state index contributed by atoms with van der Waals surface area (Å²) in [5.41, 5.74) is 4.67. The smallest absolute Gasteiger partial charge is 0.261 e. The standard InChI is InChI=1S/C21H18N4O2S/c1-27-17-6-2-13(3-7-17)15-9-22-20-18(10-23-25(20)11-15)14-8-19(28-12-14)21(26)24-16-4-5-16/h2-3,6-12,16H,4-5H2,1H3,(H,24,26). The lowest BCUT2D eigenvalue weighted by molar-refractivity contribution is 0.0955. The number of carbonyl (C=O) groups is 1. The largest absolute Gasteiger partial charge is 0.497 e. The number of nitrogens with zero attached hydrogens (tertiary/aromatic N) is 3. The zero-order valence-electron chi connectivity index (χ0n) is 15.3. The predicted octanol–water partition coefficient (Wildman–Crippen LogP) is 4.03. The van der Waals surface area contributed by atoms with Crippen LogP contribution >= 0.6 is 11.3 Å². The average molecular weight is 390 g/mol. The molecule has 0 atom stereocenters. The topological polar surface area (TPSA) is 68.5 Å². The molecule has 0 unspecified atom stereocenters. The highest BCUT2D eigenvalue weighted by Crippen LogP contribution is 2.30. The van der Waals surface area contributed by atoms with E-state index in [-0.39, 0.29) is 5.91 Å². The Kier molecular flexibility index (Phi) is 4.09. The van der Waals surface area contributed by atoms with Crippen LogP contribution in [-0.2, 0) is 0 Å². The fourth-order valence-electron chi connectivity index (χ4n) is 3.09. The van der Waals surface area contributed by atoms with Crippen LogP contribution in [0.25, 0.3) is 27.9 Å². The average Bonchev–Trinajstić information content (AvgIpc) is 3.24. The van der Waals surface area contributed by atoms with Crippen LogP contribution in [-0.4, -0.2) is 33.7 Å². The minimum Gasteiger partial charge on any atom is -0.497 e. The number of carbonyl (C=O) groups excluding carboxylic acids is 1. The molecular weight excluding hydrogens is 372 g/mol. The second-order valence-electron chi connectivity index (χ2n) is 6.84. The van der Waals surface area contributed by atoms with E-state index >= 15 is 0 Å². The molecule has 1 saturated carbocycles. The summed E-state index contributed by atoms with van der Waals surface area (Å²) in [5.74, 6) is 0.822. The summed E-state index contributed by atoms with van der Waals surface area (Å²) in [4.78, 5) is 17.6. The Bertz CT molecular complexity index is 1160. The number of methoxy groups -OCH3 is 1. The highest BCUT2D eigenvalue weighted by atomic mass is 32.1. The Labute approximate surface area is 165 Å². The molecule has 3 aromatic heterocycles. The molecule has 28 heavy (non-hydrogen) atoms. The van der Waals surface area contributed by atoms with Crippen molar-refractivity contribution < 1.29 is 9.53 Å². The van der Waals surface area contributed by atoms with Gasteiger partial charge < -0.3 is 10.1 Å². The Morgan fingerprint density at radius 1 is 1.18 bits per heavy atom. The molecule has 5 rings (SSSR count). The van der Waals surface area contributed by atoms with E-state index in [1.807, 2.05) is 48.1 Å². The van der Waals surface area contributed by atoms with Crippen molar-refractivity contribution in [2.45, 2.75) is 18.9 Å². The van der Waals surface area contributed by atoms with Gasteiger partial charge in [-0.3, -0.25) is 4.79 Å². The molecule has 0 aliphatic heterocycles. The first-order valence-electron chi connectivity index (χ1n) is 9.09. The number of rotatable bonds is 5. The zero-order valence-corrected chi connectivity index (χ0v) is 16.1. The summed E-state index contributed by atoms with van der Waals surface area (Å²) < 4.78 is 6.98. The molecule has 3 heterocycles. The van der Waals surface area contributed by atoms with Gasteiger partial charge in [0.25, 0.3) is 5.91 Å². The van der Waals surface area contributed by atoms with Crippen molar-refractivity contribution in [1.82, 2.24) is 19.9 Å². The summed E-state index contributed by atoms with van der Waals surface area (Å²) in [5, 5.41) is 9.47. The van der Waals surface area contributed by atoms with Gasteiger partial charge in [0.15, 0.2) is 5.65 Å². The van der Waals surface area contributed by atoms with Crippen LogP contribution in [0.15, 0.2) is 54.3 Å². The number of fused-ring (bicyclic) bond motifs is 1. The van der Waals surface area contributed by atoms with Crippen LogP contribution in [0.4, 0.5) is 0 Å². The van der Waals surface area contributed by atoms with Gasteiger partial charge in [0.2, 0.25) is 0 Å². The van der Waals surface area contributed by atoms with E-state index in [1.54, 1.807) is 17.8 Å². The fraction of sp³-hybridized carbons (Fsp3) is 0.190. The molecule has 1 aromatic carbocycles. The lowest BCUT2D eigenvalue weighted by atomic mass is 10.1. The third kappa shape index (κ3) is 3.14. The van der Waals surface area contributed by atoms with Crippen molar-refractivity contribution >= 4 is 22.9 Å². The third-order valence-corrected chi connectivity index (χ3v) is 5.76. The van der Waals surface area contributed by atoms with Crippen LogP contribution in [0.2, 0.25) is 0 Å². The number of thiophene rings is 1. The van der Waals surface area contributed by atoms with Crippen molar-refractivity contribution in [3.63, 3.8) is 0 Å². The molecule has 1 aliphatic carbocycles. The van der Waals surface area contributed by atoms with Gasteiger partial charge in [-0.2, -0.15) is 5.10 Å². The van der Waals surface area contributed by atoms with Gasteiger partial charge in [0, 0.05) is 29.6 Å². The number of amides is 1. The molecule has 6 nitrogen and oxygen atoms in total. The van der Waals surface area contributed by atoms with Crippen molar-refractivity contribution in [2.75, 3.05) is 7.11 Å². The van der Waals surface area contributed by atoms with Gasteiger partial charge >= 0.3 is 0 Å². The van der Waals surface area contributed by atoms with Crippen LogP contribution < -0.4 is 10.1 Å². The number of ether oxygens (including phenoxy) is 1. The summed E-state index contributed by atoms with van der Waals surface area (Å²) >= 11 is 1.45. The molecule has 0 saturated heterocycles. The minimum atomic E-state index is 0.00461. The SMILES string of the molecule is COc1ccc(-c2cnc3c(-c4csc(C(=O)NC5CC5)c4)cnn3c2)cc1. The lowest BCUT2D eigenvalue weighted by Gasteiger charge is -2.04. The van der Waals surface area contributed by atoms with Gasteiger partial charge in [0.1, 0.15) is 5.75 Å². The van der Waals surface area contributed by atoms with Crippen molar-refractivity contribution in [2.24, 2.45) is 0 Å². The minimum absolute atomic E-state index is 0.00461. The quantitative estimate of drug-likeness (QED) is 0.559. The van der Waals surface area contributed by atoms with E-state index in [4.69, 9.17) is 4.74 Å². The van der Waals surface area contributed by atoms with Gasteiger partial charge in [-0.15, -0.1) is 11.3 Å². The number of aromatic nitrogens is 3. The Hall–Kier alpha value is -3.19. The van der Waals surface area contributed by atoms with E-state index < -0.39 is 0 Å². The van der Waals surface area contributed by atoms with Gasteiger partial charge in [0.05, 0.1) is 18.2 Å². The lowest BCUT2D eigenvalue weighted by Crippen LogP contribution is -2.24. The molecule has 4 aromatic rings. The van der Waals surface area contributed by atoms with Crippen molar-refractivity contribution in [3.8, 4) is 28.0 Å². The molecule has 0 bridgehead atoms. The normalized spacial score (nSPS) is 13.6. The van der Waals surface area contributed by atoms with Crippen molar-refractivity contribution in [3.05, 3.63) is 59.2 Å². The first-order chi connectivity index (χ1) is 13.7. The highest BCUT2D eigenvalue weighted by molar-refractivity contribution is 7.12. The number of hydrogen-bond acceptors (Lipinski definition) is 5. The van der Waals surface area contributed by atoms with Crippen LogP contribution in [0.5, 0.6) is 5.75 Å². The monoisotopic (exact) mass is 390 g/mol. The summed E-state index contributed by atoms with van der Waals surface area (Å²) in [6, 6.07) is 10.1. The van der Waals surface area contributed by atoms with Gasteiger partial charge in [-0.25, -0.2) is 9.50 Å². The number of nitrogens with one attached hydrogen (secondary N) is 1. The molecular formula is C21H18N4O2S. The zero-order chi connectivity index (χ0) is 19.1. The maximum Gasteiger partial charge on any atom is 0.261 e. The Morgan fingerprint density at radius 2 is 2.00 bits per heavy atom. The summed E-state index contributed by atoms with van der Waals surface area (Å²) in [6.45, 7) is 0. The number of hydrogen-bond donors (Lipinski definition) is 1. The Balaban J connectivity index is 1.44. The van der Waals surface area contributed by atoms with Crippen LogP contribution in [0, 0.1) is 0 Å². The molecule has 7 heteroatoms. The molecule has 0 radical (unpaired) electrons. The Morgan fingerprint density at radius 3 is 2.75 bits per heavy atom. The van der Waals surface area contributed by atoms with Crippen LogP contribution in [0.1, 0.15) is 22.5 Å². The summed E-state index contributed by atoms with van der Waals surface area (Å²) in [6.07, 6.45) is 7.76. The van der Waals surface area contributed by atoms with E-state index in [2.05, 4.69) is 15.4 Å². The third-order valence-electron chi connectivity index (χ3n) is 4.83. The molecule has 140 valence electrons. The fourth-order valence-corrected chi connectivity index (χ4v) is 3.90. The van der Waals surface area contributed by atoms with Gasteiger partial charge in [-0.05, 0) is 47.5 Å². The first kappa shape index (κ1) is 16.9. The second-order valence-corrected chi connectivity index (χ2v) is 7.76. The van der Waals surface area contributed by atoms with Crippen LogP contribution in [0.3, 0.4) is 0 Å². The predicted molar refractivity (Wildman–Crippen MR) is 109 cm³/mol. The molecule has 1 aliphatic rings. The molecule has 1 fully saturated rings. The first-order valence-corrected chi connectivity index (χ1v) is 9.97. The maximum absolute atomic E-state index is 12.2. The van der Waals surface area contributed by atoms with E-state index in [1.165, 1.54) is 11.3 Å². The van der Waals surface area contributed by atoms with Crippen molar-refractivity contribution in [1.29, 1.82) is 0 Å². The van der Waals surface area contributed by atoms with E-state index in [0.29, 0.717) is 6.04 Å². The molecule has 1 amide bonds. The second kappa shape index (κ2) is 6.76. The molecule has 1 N–H and O–H groups in total. The number of benzene rings is 1. The van der Waals surface area contributed by atoms with E-state index in [0.717, 1.165) is 51.4 Å². The maximum atomic E-state index is 12.2. The highest BCUT2D eigenvalue weighted by Gasteiger charge is 2.24. The summed E-state index contributed by atoms with van der Waals surface area (Å²) in [7, 11) is 1.65. The van der Waals surface area contributed by atoms with Gasteiger partial charge in [-0.1, -0.05) is 12.1 Å². The molecule has 0 spiro atoms.